The monoisotopic (exact) mass is 366 g/mol. The molecule has 1 amide bonds. The summed E-state index contributed by atoms with van der Waals surface area (Å²) in [5.74, 6) is 0.755. The van der Waals surface area contributed by atoms with Crippen LogP contribution in [0.15, 0.2) is 42.5 Å². The highest BCUT2D eigenvalue weighted by Gasteiger charge is 2.21. The Morgan fingerprint density at radius 1 is 1.11 bits per heavy atom. The van der Waals surface area contributed by atoms with Gasteiger partial charge in [0.15, 0.2) is 0 Å². The fourth-order valence-electron chi connectivity index (χ4n) is 3.26. The summed E-state index contributed by atoms with van der Waals surface area (Å²) in [5.41, 5.74) is 4.79. The van der Waals surface area contributed by atoms with Crippen molar-refractivity contribution < 1.29 is 14.3 Å². The summed E-state index contributed by atoms with van der Waals surface area (Å²) >= 11 is 0. The number of amides is 1. The van der Waals surface area contributed by atoms with Gasteiger partial charge in [-0.3, -0.25) is 4.79 Å². The Morgan fingerprint density at radius 2 is 1.93 bits per heavy atom. The first-order chi connectivity index (χ1) is 13.0. The topological polar surface area (TPSA) is 54.6 Å². The van der Waals surface area contributed by atoms with Gasteiger partial charge in [0.25, 0.3) is 5.91 Å². The van der Waals surface area contributed by atoms with Gasteiger partial charge in [-0.25, -0.2) is 0 Å². The lowest BCUT2D eigenvalue weighted by atomic mass is 10.1. The molecule has 0 saturated carbocycles. The molecule has 27 heavy (non-hydrogen) atoms. The molecule has 0 bridgehead atoms. The molecular weight excluding hydrogens is 340 g/mol. The van der Waals surface area contributed by atoms with Crippen molar-refractivity contribution in [1.82, 2.24) is 9.88 Å². The summed E-state index contributed by atoms with van der Waals surface area (Å²) in [4.78, 5) is 18.4. The molecule has 5 heteroatoms. The number of H-pyrrole nitrogens is 1. The molecule has 3 rings (SSSR count). The second-order valence-electron chi connectivity index (χ2n) is 6.75. The lowest BCUT2D eigenvalue weighted by Crippen LogP contribution is -2.34. The summed E-state index contributed by atoms with van der Waals surface area (Å²) in [6.45, 7) is 5.54. The van der Waals surface area contributed by atoms with Gasteiger partial charge in [-0.15, -0.1) is 0 Å². The van der Waals surface area contributed by atoms with Gasteiger partial charge in [0.1, 0.15) is 11.4 Å². The number of aromatic nitrogens is 1. The molecular formula is C22H26N2O3. The van der Waals surface area contributed by atoms with Crippen LogP contribution in [0.4, 0.5) is 0 Å². The lowest BCUT2D eigenvalue weighted by molar-refractivity contribution is 0.0674. The van der Waals surface area contributed by atoms with Crippen molar-refractivity contribution in [3.8, 4) is 5.75 Å². The zero-order valence-corrected chi connectivity index (χ0v) is 16.3. The molecule has 0 aliphatic heterocycles. The quantitative estimate of drug-likeness (QED) is 0.685. The van der Waals surface area contributed by atoms with Gasteiger partial charge in [0.05, 0.1) is 13.7 Å². The molecule has 2 aromatic carbocycles. The van der Waals surface area contributed by atoms with Gasteiger partial charge >= 0.3 is 0 Å². The molecule has 0 spiro atoms. The summed E-state index contributed by atoms with van der Waals surface area (Å²) in [6.07, 6.45) is 0. The molecule has 0 radical (unpaired) electrons. The van der Waals surface area contributed by atoms with Gasteiger partial charge < -0.3 is 19.4 Å². The Hall–Kier alpha value is -2.79. The number of hydrogen-bond donors (Lipinski definition) is 1. The molecule has 0 aliphatic rings. The predicted molar refractivity (Wildman–Crippen MR) is 107 cm³/mol. The number of nitrogens with one attached hydrogen (secondary N) is 1. The molecule has 1 heterocycles. The molecule has 142 valence electrons. The van der Waals surface area contributed by atoms with Crippen molar-refractivity contribution in [2.24, 2.45) is 0 Å². The van der Waals surface area contributed by atoms with Gasteiger partial charge in [-0.2, -0.15) is 0 Å². The molecule has 0 atom stereocenters. The second-order valence-corrected chi connectivity index (χ2v) is 6.75. The molecule has 3 aromatic rings. The standard InChI is InChI=1S/C22H26N2O3/c1-15-8-9-20-19(12-15)16(2)21(23-20)22(25)24(10-11-26-3)14-17-6-5-7-18(13-17)27-4/h5-9,12-13,23H,10-11,14H2,1-4H3. The number of ether oxygens (including phenoxy) is 2. The van der Waals surface area contributed by atoms with E-state index in [1.165, 1.54) is 5.56 Å². The highest BCUT2D eigenvalue weighted by molar-refractivity contribution is 6.01. The normalized spacial score (nSPS) is 11.0. The number of methoxy groups -OCH3 is 2. The molecule has 1 N–H and O–H groups in total. The Kier molecular flexibility index (Phi) is 5.81. The average Bonchev–Trinajstić information content (AvgIpc) is 3.01. The van der Waals surface area contributed by atoms with Crippen LogP contribution in [0.3, 0.4) is 0 Å². The Morgan fingerprint density at radius 3 is 2.67 bits per heavy atom. The van der Waals surface area contributed by atoms with E-state index in [1.54, 1.807) is 14.2 Å². The molecule has 0 saturated heterocycles. The van der Waals surface area contributed by atoms with Crippen molar-refractivity contribution >= 4 is 16.8 Å². The number of aromatic amines is 1. The predicted octanol–water partition coefficient (Wildman–Crippen LogP) is 4.08. The number of aryl methyl sites for hydroxylation is 2. The number of fused-ring (bicyclic) bond motifs is 1. The SMILES string of the molecule is COCCN(Cc1cccc(OC)c1)C(=O)c1[nH]c2ccc(C)cc2c1C. The third-order valence-corrected chi connectivity index (χ3v) is 4.79. The van der Waals surface area contributed by atoms with Crippen LogP contribution in [0.25, 0.3) is 10.9 Å². The van der Waals surface area contributed by atoms with Crippen LogP contribution >= 0.6 is 0 Å². The van der Waals surface area contributed by atoms with Crippen molar-refractivity contribution in [2.75, 3.05) is 27.4 Å². The summed E-state index contributed by atoms with van der Waals surface area (Å²) in [7, 11) is 3.29. The van der Waals surface area contributed by atoms with Crippen molar-refractivity contribution in [1.29, 1.82) is 0 Å². The van der Waals surface area contributed by atoms with E-state index >= 15 is 0 Å². The number of carbonyl (C=O) groups is 1. The third-order valence-electron chi connectivity index (χ3n) is 4.79. The lowest BCUT2D eigenvalue weighted by Gasteiger charge is -2.22. The number of hydrogen-bond acceptors (Lipinski definition) is 3. The molecule has 5 nitrogen and oxygen atoms in total. The summed E-state index contributed by atoms with van der Waals surface area (Å²) in [6, 6.07) is 14.0. The van der Waals surface area contributed by atoms with Crippen molar-refractivity contribution in [2.45, 2.75) is 20.4 Å². The minimum Gasteiger partial charge on any atom is -0.497 e. The zero-order chi connectivity index (χ0) is 19.4. The maximum Gasteiger partial charge on any atom is 0.270 e. The van der Waals surface area contributed by atoms with Crippen LogP contribution in [0.5, 0.6) is 5.75 Å². The van der Waals surface area contributed by atoms with E-state index in [0.29, 0.717) is 25.4 Å². The first kappa shape index (κ1) is 19.0. The van der Waals surface area contributed by atoms with Crippen LogP contribution in [-0.2, 0) is 11.3 Å². The van der Waals surface area contributed by atoms with E-state index in [1.807, 2.05) is 48.2 Å². The van der Waals surface area contributed by atoms with Crippen LogP contribution in [0.2, 0.25) is 0 Å². The van der Waals surface area contributed by atoms with Crippen LogP contribution < -0.4 is 4.74 Å². The fraction of sp³-hybridized carbons (Fsp3) is 0.318. The van der Waals surface area contributed by atoms with E-state index in [4.69, 9.17) is 9.47 Å². The minimum absolute atomic E-state index is 0.0266. The smallest absolute Gasteiger partial charge is 0.270 e. The number of rotatable bonds is 7. The summed E-state index contributed by atoms with van der Waals surface area (Å²) in [5, 5.41) is 1.09. The summed E-state index contributed by atoms with van der Waals surface area (Å²) < 4.78 is 10.5. The Balaban J connectivity index is 1.92. The van der Waals surface area contributed by atoms with E-state index in [2.05, 4.69) is 18.0 Å². The first-order valence-electron chi connectivity index (χ1n) is 9.03. The Bertz CT molecular complexity index is 946. The van der Waals surface area contributed by atoms with Crippen LogP contribution in [0.1, 0.15) is 27.2 Å². The van der Waals surface area contributed by atoms with Gasteiger partial charge in [0.2, 0.25) is 0 Å². The molecule has 0 unspecified atom stereocenters. The van der Waals surface area contributed by atoms with Crippen molar-refractivity contribution in [3.05, 3.63) is 64.8 Å². The van der Waals surface area contributed by atoms with E-state index in [-0.39, 0.29) is 5.91 Å². The van der Waals surface area contributed by atoms with E-state index < -0.39 is 0 Å². The highest BCUT2D eigenvalue weighted by atomic mass is 16.5. The number of nitrogens with zero attached hydrogens (tertiary/aromatic N) is 1. The molecule has 0 aliphatic carbocycles. The molecule has 1 aromatic heterocycles. The zero-order valence-electron chi connectivity index (χ0n) is 16.3. The van der Waals surface area contributed by atoms with E-state index in [0.717, 1.165) is 27.8 Å². The third kappa shape index (κ3) is 4.14. The fourth-order valence-corrected chi connectivity index (χ4v) is 3.26. The van der Waals surface area contributed by atoms with E-state index in [9.17, 15) is 4.79 Å². The van der Waals surface area contributed by atoms with Crippen molar-refractivity contribution in [3.63, 3.8) is 0 Å². The highest BCUT2D eigenvalue weighted by Crippen LogP contribution is 2.24. The van der Waals surface area contributed by atoms with Gasteiger partial charge in [-0.1, -0.05) is 23.8 Å². The van der Waals surface area contributed by atoms with Crippen LogP contribution in [-0.4, -0.2) is 43.2 Å². The minimum atomic E-state index is -0.0266. The van der Waals surface area contributed by atoms with Gasteiger partial charge in [-0.05, 0) is 49.2 Å². The number of benzene rings is 2. The average molecular weight is 366 g/mol. The number of carbonyl (C=O) groups excluding carboxylic acids is 1. The molecule has 0 fully saturated rings. The maximum absolute atomic E-state index is 13.3. The van der Waals surface area contributed by atoms with Gasteiger partial charge in [0, 0.05) is 31.1 Å². The Labute approximate surface area is 159 Å². The second kappa shape index (κ2) is 8.27. The maximum atomic E-state index is 13.3. The first-order valence-corrected chi connectivity index (χ1v) is 9.03. The van der Waals surface area contributed by atoms with Crippen LogP contribution in [0, 0.1) is 13.8 Å². The largest absolute Gasteiger partial charge is 0.497 e.